The van der Waals surface area contributed by atoms with Crippen molar-refractivity contribution in [3.8, 4) is 0 Å². The average Bonchev–Trinajstić information content (AvgIpc) is 2.82. The zero-order valence-corrected chi connectivity index (χ0v) is 9.65. The molecule has 1 aromatic carbocycles. The van der Waals surface area contributed by atoms with Crippen LogP contribution in [0.25, 0.3) is 0 Å². The van der Waals surface area contributed by atoms with E-state index in [1.165, 1.54) is 6.42 Å². The molecule has 3 nitrogen and oxygen atoms in total. The topological polar surface area (TPSA) is 32.3 Å². The number of hydrogen-bond acceptors (Lipinski definition) is 2. The number of amides is 1. The Morgan fingerprint density at radius 2 is 2.19 bits per heavy atom. The molecular weight excluding hydrogens is 200 g/mol. The molecule has 2 rings (SSSR count). The Labute approximate surface area is 96.5 Å². The van der Waals surface area contributed by atoms with Crippen LogP contribution in [0.3, 0.4) is 0 Å². The highest BCUT2D eigenvalue weighted by molar-refractivity contribution is 5.93. The van der Waals surface area contributed by atoms with Crippen molar-refractivity contribution in [1.29, 1.82) is 0 Å². The lowest BCUT2D eigenvalue weighted by molar-refractivity contribution is 0.0776. The second-order valence-corrected chi connectivity index (χ2v) is 4.41. The van der Waals surface area contributed by atoms with Crippen LogP contribution in [0.4, 0.5) is 0 Å². The third-order valence-electron chi connectivity index (χ3n) is 3.06. The first-order chi connectivity index (χ1) is 7.77. The predicted molar refractivity (Wildman–Crippen MR) is 64.4 cm³/mol. The molecule has 1 amide bonds. The van der Waals surface area contributed by atoms with Gasteiger partial charge in [-0.3, -0.25) is 4.79 Å². The molecule has 1 aromatic rings. The second-order valence-electron chi connectivity index (χ2n) is 4.41. The minimum Gasteiger partial charge on any atom is -0.341 e. The smallest absolute Gasteiger partial charge is 0.253 e. The van der Waals surface area contributed by atoms with Gasteiger partial charge >= 0.3 is 0 Å². The summed E-state index contributed by atoms with van der Waals surface area (Å²) in [6, 6.07) is 9.46. The van der Waals surface area contributed by atoms with Gasteiger partial charge in [-0.2, -0.15) is 0 Å². The Morgan fingerprint density at radius 3 is 2.81 bits per heavy atom. The maximum absolute atomic E-state index is 12.0. The van der Waals surface area contributed by atoms with E-state index in [0.717, 1.165) is 25.2 Å². The zero-order chi connectivity index (χ0) is 11.4. The fourth-order valence-electron chi connectivity index (χ4n) is 2.14. The van der Waals surface area contributed by atoms with Crippen molar-refractivity contribution in [2.24, 2.45) is 5.92 Å². The lowest BCUT2D eigenvalue weighted by Crippen LogP contribution is -2.32. The summed E-state index contributed by atoms with van der Waals surface area (Å²) in [6.45, 7) is 2.96. The van der Waals surface area contributed by atoms with Crippen LogP contribution in [-0.4, -0.2) is 37.5 Å². The molecule has 1 saturated heterocycles. The van der Waals surface area contributed by atoms with Crippen LogP contribution >= 0.6 is 0 Å². The van der Waals surface area contributed by atoms with Crippen molar-refractivity contribution >= 4 is 5.91 Å². The highest BCUT2D eigenvalue weighted by Crippen LogP contribution is 2.11. The molecular formula is C13H18N2O. The van der Waals surface area contributed by atoms with E-state index in [9.17, 15) is 4.79 Å². The molecule has 16 heavy (non-hydrogen) atoms. The first-order valence-corrected chi connectivity index (χ1v) is 5.78. The quantitative estimate of drug-likeness (QED) is 0.831. The Bertz CT molecular complexity index is 344. The van der Waals surface area contributed by atoms with Crippen molar-refractivity contribution in [1.82, 2.24) is 10.2 Å². The standard InChI is InChI=1S/C13H18N2O/c1-15(10-11-7-8-14-9-11)13(16)12-5-3-2-4-6-12/h2-6,11,14H,7-10H2,1H3. The maximum Gasteiger partial charge on any atom is 0.253 e. The molecule has 0 aliphatic carbocycles. The molecule has 0 radical (unpaired) electrons. The highest BCUT2D eigenvalue weighted by Gasteiger charge is 2.19. The minimum absolute atomic E-state index is 0.118. The van der Waals surface area contributed by atoms with Gasteiger partial charge in [0.2, 0.25) is 0 Å². The van der Waals surface area contributed by atoms with Crippen molar-refractivity contribution < 1.29 is 4.79 Å². The van der Waals surface area contributed by atoms with E-state index in [-0.39, 0.29) is 5.91 Å². The zero-order valence-electron chi connectivity index (χ0n) is 9.65. The summed E-state index contributed by atoms with van der Waals surface area (Å²) < 4.78 is 0. The summed E-state index contributed by atoms with van der Waals surface area (Å²) in [5, 5.41) is 3.32. The van der Waals surface area contributed by atoms with Crippen LogP contribution < -0.4 is 5.32 Å². The van der Waals surface area contributed by atoms with Gasteiger partial charge in [0.1, 0.15) is 0 Å². The number of carbonyl (C=O) groups excluding carboxylic acids is 1. The first-order valence-electron chi connectivity index (χ1n) is 5.78. The molecule has 0 saturated carbocycles. The SMILES string of the molecule is CN(CC1CCNC1)C(=O)c1ccccc1. The van der Waals surface area contributed by atoms with Gasteiger partial charge in [0.25, 0.3) is 5.91 Å². The summed E-state index contributed by atoms with van der Waals surface area (Å²) in [7, 11) is 1.88. The molecule has 0 aromatic heterocycles. The van der Waals surface area contributed by atoms with Crippen LogP contribution in [0, 0.1) is 5.92 Å². The van der Waals surface area contributed by atoms with E-state index < -0.39 is 0 Å². The largest absolute Gasteiger partial charge is 0.341 e. The monoisotopic (exact) mass is 218 g/mol. The van der Waals surface area contributed by atoms with Crippen LogP contribution in [0.5, 0.6) is 0 Å². The van der Waals surface area contributed by atoms with Crippen LogP contribution in [0.1, 0.15) is 16.8 Å². The van der Waals surface area contributed by atoms with Gasteiger partial charge in [-0.25, -0.2) is 0 Å². The van der Waals surface area contributed by atoms with Crippen LogP contribution in [-0.2, 0) is 0 Å². The van der Waals surface area contributed by atoms with E-state index in [2.05, 4.69) is 5.32 Å². The van der Waals surface area contributed by atoms with Gasteiger partial charge < -0.3 is 10.2 Å². The molecule has 1 atom stereocenters. The summed E-state index contributed by atoms with van der Waals surface area (Å²) in [4.78, 5) is 13.9. The number of nitrogens with one attached hydrogen (secondary N) is 1. The summed E-state index contributed by atoms with van der Waals surface area (Å²) in [5.74, 6) is 0.727. The van der Waals surface area contributed by atoms with Gasteiger partial charge in [0, 0.05) is 19.2 Å². The van der Waals surface area contributed by atoms with Crippen molar-refractivity contribution in [2.45, 2.75) is 6.42 Å². The van der Waals surface area contributed by atoms with Gasteiger partial charge in [0.05, 0.1) is 0 Å². The molecule has 86 valence electrons. The highest BCUT2D eigenvalue weighted by atomic mass is 16.2. The number of benzene rings is 1. The normalized spacial score (nSPS) is 19.7. The lowest BCUT2D eigenvalue weighted by Gasteiger charge is -2.20. The lowest BCUT2D eigenvalue weighted by atomic mass is 10.1. The van der Waals surface area contributed by atoms with E-state index in [1.54, 1.807) is 0 Å². The van der Waals surface area contributed by atoms with Gasteiger partial charge in [-0.1, -0.05) is 18.2 Å². The summed E-state index contributed by atoms with van der Waals surface area (Å²) in [6.07, 6.45) is 1.17. The van der Waals surface area contributed by atoms with E-state index in [1.807, 2.05) is 42.3 Å². The van der Waals surface area contributed by atoms with E-state index in [4.69, 9.17) is 0 Å². The molecule has 1 unspecified atom stereocenters. The summed E-state index contributed by atoms with van der Waals surface area (Å²) in [5.41, 5.74) is 0.774. The second kappa shape index (κ2) is 5.12. The van der Waals surface area contributed by atoms with Crippen molar-refractivity contribution in [3.63, 3.8) is 0 Å². The fraction of sp³-hybridized carbons (Fsp3) is 0.462. The molecule has 3 heteroatoms. The van der Waals surface area contributed by atoms with E-state index >= 15 is 0 Å². The maximum atomic E-state index is 12.0. The molecule has 0 spiro atoms. The number of nitrogens with zero attached hydrogens (tertiary/aromatic N) is 1. The Hall–Kier alpha value is -1.35. The molecule has 1 N–H and O–H groups in total. The number of hydrogen-bond donors (Lipinski definition) is 1. The molecule has 0 bridgehead atoms. The van der Waals surface area contributed by atoms with E-state index in [0.29, 0.717) is 5.92 Å². The molecule has 1 aliphatic heterocycles. The van der Waals surface area contributed by atoms with Gasteiger partial charge in [-0.15, -0.1) is 0 Å². The van der Waals surface area contributed by atoms with Gasteiger partial charge in [0.15, 0.2) is 0 Å². The van der Waals surface area contributed by atoms with Crippen LogP contribution in [0.2, 0.25) is 0 Å². The average molecular weight is 218 g/mol. The van der Waals surface area contributed by atoms with Gasteiger partial charge in [-0.05, 0) is 37.6 Å². The Morgan fingerprint density at radius 1 is 1.44 bits per heavy atom. The number of carbonyl (C=O) groups is 1. The molecule has 1 fully saturated rings. The molecule has 1 heterocycles. The number of rotatable bonds is 3. The van der Waals surface area contributed by atoms with Crippen molar-refractivity contribution in [3.05, 3.63) is 35.9 Å². The third kappa shape index (κ3) is 2.61. The van der Waals surface area contributed by atoms with Crippen LogP contribution in [0.15, 0.2) is 30.3 Å². The Balaban J connectivity index is 1.94. The predicted octanol–water partition coefficient (Wildman–Crippen LogP) is 1.37. The Kier molecular flexibility index (Phi) is 3.57. The third-order valence-corrected chi connectivity index (χ3v) is 3.06. The minimum atomic E-state index is 0.118. The van der Waals surface area contributed by atoms with Crippen molar-refractivity contribution in [2.75, 3.05) is 26.7 Å². The molecule has 1 aliphatic rings. The summed E-state index contributed by atoms with van der Waals surface area (Å²) >= 11 is 0. The first kappa shape index (κ1) is 11.1. The fourth-order valence-corrected chi connectivity index (χ4v) is 2.14.